The summed E-state index contributed by atoms with van der Waals surface area (Å²) < 4.78 is 18.9. The van der Waals surface area contributed by atoms with Gasteiger partial charge in [0.15, 0.2) is 0 Å². The zero-order valence-electron chi connectivity index (χ0n) is 17.0. The number of carbonyl (C=O) groups excluding carboxylic acids is 1. The van der Waals surface area contributed by atoms with Gasteiger partial charge in [-0.25, -0.2) is 4.39 Å². The molecule has 0 spiro atoms. The van der Waals surface area contributed by atoms with Crippen LogP contribution in [0.5, 0.6) is 0 Å². The van der Waals surface area contributed by atoms with Crippen LogP contribution in [0.2, 0.25) is 0 Å². The van der Waals surface area contributed by atoms with Crippen molar-refractivity contribution in [3.63, 3.8) is 0 Å². The molecular formula is C23H29FN2O2S. The standard InChI is InChI=1S/C23H29FN2O2S/c1-17(2)22(29-20-6-4-3-5-7-20)23(27)25-16-21(26-12-14-28-15-13-26)18-8-10-19(24)11-9-18/h3-11,17,21-22H,12-16H2,1-2H3,(H,25,27)/t21-,22+/m1/s1. The lowest BCUT2D eigenvalue weighted by Gasteiger charge is -2.35. The summed E-state index contributed by atoms with van der Waals surface area (Å²) in [6.45, 7) is 7.56. The van der Waals surface area contributed by atoms with E-state index in [0.29, 0.717) is 19.8 Å². The Hall–Kier alpha value is -1.89. The highest BCUT2D eigenvalue weighted by molar-refractivity contribution is 8.00. The summed E-state index contributed by atoms with van der Waals surface area (Å²) in [5.41, 5.74) is 1.01. The third kappa shape index (κ3) is 6.29. The van der Waals surface area contributed by atoms with Crippen molar-refractivity contribution in [1.29, 1.82) is 0 Å². The second kappa shape index (κ2) is 10.8. The number of hydrogen-bond donors (Lipinski definition) is 1. The van der Waals surface area contributed by atoms with Gasteiger partial charge in [-0.15, -0.1) is 11.8 Å². The summed E-state index contributed by atoms with van der Waals surface area (Å²) in [7, 11) is 0. The number of benzene rings is 2. The van der Waals surface area contributed by atoms with Gasteiger partial charge in [-0.05, 0) is 35.7 Å². The predicted octanol–water partition coefficient (Wildman–Crippen LogP) is 4.13. The maximum atomic E-state index is 13.4. The molecule has 1 aliphatic heterocycles. The molecule has 2 aromatic rings. The van der Waals surface area contributed by atoms with E-state index in [0.717, 1.165) is 23.5 Å². The molecule has 4 nitrogen and oxygen atoms in total. The summed E-state index contributed by atoms with van der Waals surface area (Å²) in [6.07, 6.45) is 0. The first-order chi connectivity index (χ1) is 14.0. The quantitative estimate of drug-likeness (QED) is 0.657. The summed E-state index contributed by atoms with van der Waals surface area (Å²) in [5, 5.41) is 2.99. The van der Waals surface area contributed by atoms with Gasteiger partial charge in [-0.3, -0.25) is 9.69 Å². The van der Waals surface area contributed by atoms with Gasteiger partial charge in [0.2, 0.25) is 5.91 Å². The predicted molar refractivity (Wildman–Crippen MR) is 115 cm³/mol. The Morgan fingerprint density at radius 1 is 1.10 bits per heavy atom. The number of ether oxygens (including phenoxy) is 1. The smallest absolute Gasteiger partial charge is 0.233 e. The number of nitrogens with one attached hydrogen (secondary N) is 1. The van der Waals surface area contributed by atoms with Crippen LogP contribution < -0.4 is 5.32 Å². The minimum atomic E-state index is -0.252. The molecule has 6 heteroatoms. The van der Waals surface area contributed by atoms with E-state index in [4.69, 9.17) is 4.74 Å². The fraction of sp³-hybridized carbons (Fsp3) is 0.435. The van der Waals surface area contributed by atoms with Crippen LogP contribution in [0.15, 0.2) is 59.5 Å². The zero-order chi connectivity index (χ0) is 20.6. The molecule has 1 saturated heterocycles. The van der Waals surface area contributed by atoms with Gasteiger partial charge in [0.05, 0.1) is 24.5 Å². The summed E-state index contributed by atoms with van der Waals surface area (Å²) in [5.74, 6) is -0.0141. The number of amides is 1. The van der Waals surface area contributed by atoms with Gasteiger partial charge >= 0.3 is 0 Å². The number of carbonyl (C=O) groups is 1. The van der Waals surface area contributed by atoms with Gasteiger partial charge in [0.1, 0.15) is 5.82 Å². The van der Waals surface area contributed by atoms with Crippen molar-refractivity contribution < 1.29 is 13.9 Å². The average Bonchev–Trinajstić information content (AvgIpc) is 2.74. The van der Waals surface area contributed by atoms with E-state index in [1.807, 2.05) is 30.3 Å². The maximum absolute atomic E-state index is 13.4. The molecule has 2 atom stereocenters. The third-order valence-corrected chi connectivity index (χ3v) is 6.64. The Balaban J connectivity index is 1.69. The van der Waals surface area contributed by atoms with Crippen LogP contribution in [0.4, 0.5) is 4.39 Å². The molecule has 0 saturated carbocycles. The lowest BCUT2D eigenvalue weighted by molar-refractivity contribution is -0.121. The molecule has 0 unspecified atom stereocenters. The van der Waals surface area contributed by atoms with E-state index in [9.17, 15) is 9.18 Å². The molecule has 1 aliphatic rings. The highest BCUT2D eigenvalue weighted by Crippen LogP contribution is 2.28. The number of halogens is 1. The van der Waals surface area contributed by atoms with E-state index in [1.54, 1.807) is 23.9 Å². The van der Waals surface area contributed by atoms with E-state index < -0.39 is 0 Å². The lowest BCUT2D eigenvalue weighted by Crippen LogP contribution is -2.45. The van der Waals surface area contributed by atoms with Gasteiger partial charge in [-0.1, -0.05) is 44.2 Å². The molecule has 1 amide bonds. The number of nitrogens with zero attached hydrogens (tertiary/aromatic N) is 1. The molecule has 3 rings (SSSR count). The van der Waals surface area contributed by atoms with E-state index in [1.165, 1.54) is 12.1 Å². The number of morpholine rings is 1. The SMILES string of the molecule is CC(C)[C@H](Sc1ccccc1)C(=O)NC[C@H](c1ccc(F)cc1)N1CCOCC1. The molecule has 1 heterocycles. The fourth-order valence-electron chi connectivity index (χ4n) is 3.47. The Bertz CT molecular complexity index is 764. The third-order valence-electron chi connectivity index (χ3n) is 5.08. The van der Waals surface area contributed by atoms with Gasteiger partial charge in [-0.2, -0.15) is 0 Å². The first kappa shape index (κ1) is 21.8. The highest BCUT2D eigenvalue weighted by atomic mass is 32.2. The summed E-state index contributed by atoms with van der Waals surface area (Å²) in [6, 6.07) is 16.6. The van der Waals surface area contributed by atoms with E-state index in [-0.39, 0.29) is 28.9 Å². The number of hydrogen-bond acceptors (Lipinski definition) is 4. The molecule has 2 aromatic carbocycles. The van der Waals surface area contributed by atoms with Gasteiger partial charge in [0, 0.05) is 24.5 Å². The molecule has 0 bridgehead atoms. The normalized spacial score (nSPS) is 17.1. The number of rotatable bonds is 8. The van der Waals surface area contributed by atoms with Gasteiger partial charge in [0.25, 0.3) is 0 Å². The first-order valence-corrected chi connectivity index (χ1v) is 11.0. The van der Waals surface area contributed by atoms with E-state index in [2.05, 4.69) is 24.1 Å². The van der Waals surface area contributed by atoms with Gasteiger partial charge < -0.3 is 10.1 Å². The zero-order valence-corrected chi connectivity index (χ0v) is 17.8. The Labute approximate surface area is 176 Å². The van der Waals surface area contributed by atoms with Crippen LogP contribution >= 0.6 is 11.8 Å². The van der Waals surface area contributed by atoms with Crippen LogP contribution in [0, 0.1) is 11.7 Å². The molecule has 1 N–H and O–H groups in total. The molecule has 1 fully saturated rings. The number of thioether (sulfide) groups is 1. The fourth-order valence-corrected chi connectivity index (χ4v) is 4.54. The van der Waals surface area contributed by atoms with Crippen molar-refractivity contribution in [3.8, 4) is 0 Å². The molecule has 0 aliphatic carbocycles. The minimum Gasteiger partial charge on any atom is -0.379 e. The van der Waals surface area contributed by atoms with Crippen molar-refractivity contribution in [2.24, 2.45) is 5.92 Å². The molecule has 0 radical (unpaired) electrons. The average molecular weight is 417 g/mol. The molecule has 29 heavy (non-hydrogen) atoms. The summed E-state index contributed by atoms with van der Waals surface area (Å²) >= 11 is 1.59. The monoisotopic (exact) mass is 416 g/mol. The minimum absolute atomic E-state index is 0.00186. The topological polar surface area (TPSA) is 41.6 Å². The van der Waals surface area contributed by atoms with Crippen LogP contribution in [0.1, 0.15) is 25.5 Å². The van der Waals surface area contributed by atoms with Crippen molar-refractivity contribution in [3.05, 3.63) is 66.0 Å². The molecule has 156 valence electrons. The van der Waals surface area contributed by atoms with Crippen molar-refractivity contribution >= 4 is 17.7 Å². The van der Waals surface area contributed by atoms with Crippen LogP contribution in [0.25, 0.3) is 0 Å². The van der Waals surface area contributed by atoms with Crippen LogP contribution in [0.3, 0.4) is 0 Å². The second-order valence-corrected chi connectivity index (χ2v) is 8.77. The second-order valence-electron chi connectivity index (χ2n) is 7.56. The molecule has 0 aromatic heterocycles. The summed E-state index contributed by atoms with van der Waals surface area (Å²) in [4.78, 5) is 16.4. The van der Waals surface area contributed by atoms with E-state index >= 15 is 0 Å². The highest BCUT2D eigenvalue weighted by Gasteiger charge is 2.27. The van der Waals surface area contributed by atoms with Crippen molar-refractivity contribution in [2.45, 2.75) is 30.0 Å². The Morgan fingerprint density at radius 2 is 1.76 bits per heavy atom. The maximum Gasteiger partial charge on any atom is 0.233 e. The Morgan fingerprint density at radius 3 is 2.38 bits per heavy atom. The molecular weight excluding hydrogens is 387 g/mol. The lowest BCUT2D eigenvalue weighted by atomic mass is 10.0. The largest absolute Gasteiger partial charge is 0.379 e. The Kier molecular flexibility index (Phi) is 8.09. The van der Waals surface area contributed by atoms with Crippen molar-refractivity contribution in [1.82, 2.24) is 10.2 Å². The van der Waals surface area contributed by atoms with Crippen LogP contribution in [-0.2, 0) is 9.53 Å². The van der Waals surface area contributed by atoms with Crippen LogP contribution in [-0.4, -0.2) is 48.9 Å². The first-order valence-electron chi connectivity index (χ1n) is 10.1. The van der Waals surface area contributed by atoms with Crippen molar-refractivity contribution in [2.75, 3.05) is 32.8 Å².